The first-order chi connectivity index (χ1) is 7.15. The second kappa shape index (κ2) is 5.83. The van der Waals surface area contributed by atoms with Gasteiger partial charge in [-0.25, -0.2) is 4.39 Å². The quantitative estimate of drug-likeness (QED) is 0.760. The summed E-state index contributed by atoms with van der Waals surface area (Å²) >= 11 is 0. The fourth-order valence-electron chi connectivity index (χ4n) is 1.40. The molecule has 1 atom stereocenters. The van der Waals surface area contributed by atoms with Gasteiger partial charge in [-0.05, 0) is 37.0 Å². The van der Waals surface area contributed by atoms with Crippen molar-refractivity contribution in [2.75, 3.05) is 13.7 Å². The molecule has 0 spiro atoms. The van der Waals surface area contributed by atoms with Crippen molar-refractivity contribution in [1.29, 1.82) is 0 Å². The number of halogens is 1. The second-order valence-corrected chi connectivity index (χ2v) is 3.66. The zero-order valence-corrected chi connectivity index (χ0v) is 9.16. The monoisotopic (exact) mass is 212 g/mol. The molecule has 0 aliphatic rings. The highest BCUT2D eigenvalue weighted by Gasteiger charge is 2.08. The normalized spacial score (nSPS) is 12.8. The van der Waals surface area contributed by atoms with Crippen LogP contribution in [0.5, 0.6) is 0 Å². The highest BCUT2D eigenvalue weighted by molar-refractivity contribution is 5.24. The van der Waals surface area contributed by atoms with Gasteiger partial charge in [-0.3, -0.25) is 0 Å². The molecule has 0 amide bonds. The molecule has 0 saturated heterocycles. The minimum atomic E-state index is -0.602. The van der Waals surface area contributed by atoms with E-state index in [0.717, 1.165) is 6.42 Å². The van der Waals surface area contributed by atoms with E-state index in [1.165, 1.54) is 6.07 Å². The van der Waals surface area contributed by atoms with Crippen LogP contribution in [0.2, 0.25) is 0 Å². The SMILES string of the molecule is COCCCC(O)c1ccc(C)c(F)c1. The van der Waals surface area contributed by atoms with Crippen LogP contribution < -0.4 is 0 Å². The molecule has 1 aromatic rings. The molecular formula is C12H17FO2. The van der Waals surface area contributed by atoms with Crippen LogP contribution in [0, 0.1) is 12.7 Å². The van der Waals surface area contributed by atoms with Crippen molar-refractivity contribution >= 4 is 0 Å². The minimum absolute atomic E-state index is 0.265. The predicted molar refractivity (Wildman–Crippen MR) is 57.2 cm³/mol. The summed E-state index contributed by atoms with van der Waals surface area (Å²) in [7, 11) is 1.62. The Morgan fingerprint density at radius 2 is 2.20 bits per heavy atom. The standard InChI is InChI=1S/C12H17FO2/c1-9-5-6-10(8-11(9)13)12(14)4-3-7-15-2/h5-6,8,12,14H,3-4,7H2,1-2H3. The third-order valence-electron chi connectivity index (χ3n) is 2.41. The van der Waals surface area contributed by atoms with Gasteiger partial charge in [0, 0.05) is 13.7 Å². The summed E-state index contributed by atoms with van der Waals surface area (Å²) < 4.78 is 18.1. The zero-order chi connectivity index (χ0) is 11.3. The van der Waals surface area contributed by atoms with Crippen molar-refractivity contribution in [3.05, 3.63) is 35.1 Å². The smallest absolute Gasteiger partial charge is 0.126 e. The molecular weight excluding hydrogens is 195 g/mol. The Balaban J connectivity index is 2.57. The molecule has 3 heteroatoms. The Kier molecular flexibility index (Phi) is 4.72. The molecule has 0 radical (unpaired) electrons. The van der Waals surface area contributed by atoms with E-state index in [1.54, 1.807) is 26.2 Å². The molecule has 1 unspecified atom stereocenters. The number of rotatable bonds is 5. The van der Waals surface area contributed by atoms with Crippen LogP contribution in [0.15, 0.2) is 18.2 Å². The number of hydrogen-bond acceptors (Lipinski definition) is 2. The van der Waals surface area contributed by atoms with Gasteiger partial charge in [-0.1, -0.05) is 12.1 Å². The first-order valence-corrected chi connectivity index (χ1v) is 5.08. The summed E-state index contributed by atoms with van der Waals surface area (Å²) in [4.78, 5) is 0. The fraction of sp³-hybridized carbons (Fsp3) is 0.500. The lowest BCUT2D eigenvalue weighted by atomic mass is 10.0. The van der Waals surface area contributed by atoms with Gasteiger partial charge in [0.15, 0.2) is 0 Å². The van der Waals surface area contributed by atoms with Crippen molar-refractivity contribution in [2.24, 2.45) is 0 Å². The second-order valence-electron chi connectivity index (χ2n) is 3.66. The van der Waals surface area contributed by atoms with Crippen molar-refractivity contribution < 1.29 is 14.2 Å². The lowest BCUT2D eigenvalue weighted by Gasteiger charge is -2.11. The molecule has 1 rings (SSSR count). The average molecular weight is 212 g/mol. The minimum Gasteiger partial charge on any atom is -0.388 e. The van der Waals surface area contributed by atoms with Gasteiger partial charge >= 0.3 is 0 Å². The number of aryl methyl sites for hydroxylation is 1. The van der Waals surface area contributed by atoms with Crippen molar-refractivity contribution in [3.8, 4) is 0 Å². The van der Waals surface area contributed by atoms with E-state index >= 15 is 0 Å². The fourth-order valence-corrected chi connectivity index (χ4v) is 1.40. The highest BCUT2D eigenvalue weighted by Crippen LogP contribution is 2.20. The number of aliphatic hydroxyl groups is 1. The Morgan fingerprint density at radius 1 is 1.47 bits per heavy atom. The summed E-state index contributed by atoms with van der Waals surface area (Å²) in [6.45, 7) is 2.32. The van der Waals surface area contributed by atoms with Crippen LogP contribution in [0.3, 0.4) is 0 Å². The lowest BCUT2D eigenvalue weighted by Crippen LogP contribution is -2.00. The summed E-state index contributed by atoms with van der Waals surface area (Å²) in [6.07, 6.45) is 0.763. The van der Waals surface area contributed by atoms with E-state index in [2.05, 4.69) is 0 Å². The Labute approximate surface area is 89.7 Å². The Bertz CT molecular complexity index is 312. The van der Waals surface area contributed by atoms with Gasteiger partial charge in [-0.15, -0.1) is 0 Å². The molecule has 0 aromatic heterocycles. The van der Waals surface area contributed by atoms with Crippen LogP contribution >= 0.6 is 0 Å². The van der Waals surface area contributed by atoms with Gasteiger partial charge in [0.05, 0.1) is 6.10 Å². The van der Waals surface area contributed by atoms with E-state index < -0.39 is 6.10 Å². The van der Waals surface area contributed by atoms with Crippen molar-refractivity contribution in [1.82, 2.24) is 0 Å². The van der Waals surface area contributed by atoms with E-state index in [1.807, 2.05) is 0 Å². The average Bonchev–Trinajstić information content (AvgIpc) is 2.22. The largest absolute Gasteiger partial charge is 0.388 e. The molecule has 0 aliphatic carbocycles. The van der Waals surface area contributed by atoms with Crippen molar-refractivity contribution in [3.63, 3.8) is 0 Å². The summed E-state index contributed by atoms with van der Waals surface area (Å²) in [5.74, 6) is -0.265. The topological polar surface area (TPSA) is 29.5 Å². The molecule has 0 heterocycles. The van der Waals surface area contributed by atoms with Crippen LogP contribution in [-0.4, -0.2) is 18.8 Å². The van der Waals surface area contributed by atoms with Gasteiger partial charge in [-0.2, -0.15) is 0 Å². The molecule has 84 valence electrons. The lowest BCUT2D eigenvalue weighted by molar-refractivity contribution is 0.136. The van der Waals surface area contributed by atoms with E-state index in [9.17, 15) is 9.50 Å². The molecule has 0 aliphatic heterocycles. The highest BCUT2D eigenvalue weighted by atomic mass is 19.1. The molecule has 0 bridgehead atoms. The summed E-state index contributed by atoms with van der Waals surface area (Å²) in [5.41, 5.74) is 1.23. The molecule has 1 aromatic carbocycles. The molecule has 15 heavy (non-hydrogen) atoms. The van der Waals surface area contributed by atoms with Gasteiger partial charge < -0.3 is 9.84 Å². The van der Waals surface area contributed by atoms with E-state index in [-0.39, 0.29) is 5.82 Å². The zero-order valence-electron chi connectivity index (χ0n) is 9.16. The van der Waals surface area contributed by atoms with Gasteiger partial charge in [0.25, 0.3) is 0 Å². The number of methoxy groups -OCH3 is 1. The maximum atomic E-state index is 13.2. The van der Waals surface area contributed by atoms with E-state index in [0.29, 0.717) is 24.2 Å². The van der Waals surface area contributed by atoms with E-state index in [4.69, 9.17) is 4.74 Å². The molecule has 1 N–H and O–H groups in total. The maximum absolute atomic E-state index is 13.2. The molecule has 0 saturated carbocycles. The Hall–Kier alpha value is -0.930. The Morgan fingerprint density at radius 3 is 2.80 bits per heavy atom. The molecule has 2 nitrogen and oxygen atoms in total. The first kappa shape index (κ1) is 12.1. The number of hydrogen-bond donors (Lipinski definition) is 1. The third kappa shape index (κ3) is 3.61. The number of ether oxygens (including phenoxy) is 1. The molecule has 0 fully saturated rings. The third-order valence-corrected chi connectivity index (χ3v) is 2.41. The van der Waals surface area contributed by atoms with Crippen LogP contribution in [-0.2, 0) is 4.74 Å². The van der Waals surface area contributed by atoms with Crippen LogP contribution in [0.4, 0.5) is 4.39 Å². The first-order valence-electron chi connectivity index (χ1n) is 5.08. The predicted octanol–water partition coefficient (Wildman–Crippen LogP) is 2.59. The maximum Gasteiger partial charge on any atom is 0.126 e. The van der Waals surface area contributed by atoms with Crippen molar-refractivity contribution in [2.45, 2.75) is 25.9 Å². The van der Waals surface area contributed by atoms with Crippen LogP contribution in [0.1, 0.15) is 30.1 Å². The summed E-state index contributed by atoms with van der Waals surface area (Å²) in [6, 6.07) is 4.84. The number of benzene rings is 1. The number of aliphatic hydroxyl groups excluding tert-OH is 1. The van der Waals surface area contributed by atoms with Gasteiger partial charge in [0.2, 0.25) is 0 Å². The summed E-state index contributed by atoms with van der Waals surface area (Å²) in [5, 5.41) is 9.74. The van der Waals surface area contributed by atoms with Gasteiger partial charge in [0.1, 0.15) is 5.82 Å². The van der Waals surface area contributed by atoms with Crippen LogP contribution in [0.25, 0.3) is 0 Å².